The molecule has 3 N–H and O–H groups in total. The molecule has 192 valence electrons. The molecule has 1 aromatic heterocycles. The number of amides is 2. The van der Waals surface area contributed by atoms with Crippen LogP contribution in [0.5, 0.6) is 0 Å². The van der Waals surface area contributed by atoms with Gasteiger partial charge >= 0.3 is 0 Å². The van der Waals surface area contributed by atoms with Crippen LogP contribution in [0.25, 0.3) is 11.1 Å². The van der Waals surface area contributed by atoms with Crippen molar-refractivity contribution in [2.24, 2.45) is 0 Å². The number of nitrogens with one attached hydrogen (secondary N) is 3. The Kier molecular flexibility index (Phi) is 7.89. The predicted octanol–water partition coefficient (Wildman–Crippen LogP) is 5.97. The topological polar surface area (TPSA) is 86.4 Å². The van der Waals surface area contributed by atoms with Crippen molar-refractivity contribution < 1.29 is 9.59 Å². The highest BCUT2D eigenvalue weighted by Gasteiger charge is 2.17. The van der Waals surface area contributed by atoms with Crippen LogP contribution in [0.3, 0.4) is 0 Å². The average Bonchev–Trinajstić information content (AvgIpc) is 2.96. The first kappa shape index (κ1) is 25.7. The highest BCUT2D eigenvalue weighted by Crippen LogP contribution is 2.27. The lowest BCUT2D eigenvalue weighted by atomic mass is 10.0. The normalized spacial score (nSPS) is 13.2. The molecule has 0 saturated carbocycles. The van der Waals surface area contributed by atoms with Gasteiger partial charge in [0.15, 0.2) is 0 Å². The van der Waals surface area contributed by atoms with E-state index in [2.05, 4.69) is 50.1 Å². The van der Waals surface area contributed by atoms with E-state index in [1.165, 1.54) is 18.0 Å². The number of carbonyl (C=O) groups excluding carboxylic acids is 2. The molecule has 38 heavy (non-hydrogen) atoms. The summed E-state index contributed by atoms with van der Waals surface area (Å²) in [7, 11) is 0. The Labute approximate surface area is 230 Å². The Morgan fingerprint density at radius 1 is 0.789 bits per heavy atom. The number of carbonyl (C=O) groups is 2. The third-order valence-corrected chi connectivity index (χ3v) is 6.71. The quantitative estimate of drug-likeness (QED) is 0.278. The fraction of sp³-hybridized carbons (Fsp3) is 0.138. The van der Waals surface area contributed by atoms with Gasteiger partial charge in [-0.05, 0) is 65.7 Å². The van der Waals surface area contributed by atoms with E-state index in [0.29, 0.717) is 27.1 Å². The minimum absolute atomic E-state index is 0.212. The maximum Gasteiger partial charge on any atom is 0.258 e. The van der Waals surface area contributed by atoms with E-state index in [9.17, 15) is 9.59 Å². The molecule has 3 aromatic carbocycles. The van der Waals surface area contributed by atoms with E-state index in [1.54, 1.807) is 36.4 Å². The van der Waals surface area contributed by atoms with Crippen molar-refractivity contribution in [3.8, 4) is 11.1 Å². The molecule has 1 saturated heterocycles. The van der Waals surface area contributed by atoms with Crippen LogP contribution >= 0.6 is 23.2 Å². The summed E-state index contributed by atoms with van der Waals surface area (Å²) < 4.78 is 0. The smallest absolute Gasteiger partial charge is 0.258 e. The molecule has 1 aliphatic heterocycles. The fourth-order valence-corrected chi connectivity index (χ4v) is 4.54. The summed E-state index contributed by atoms with van der Waals surface area (Å²) in [5.74, 6) is -0.474. The molecule has 0 atom stereocenters. The zero-order valence-electron chi connectivity index (χ0n) is 20.4. The Morgan fingerprint density at radius 2 is 1.55 bits per heavy atom. The first-order valence-corrected chi connectivity index (χ1v) is 12.9. The molecule has 7 nitrogen and oxygen atoms in total. The lowest BCUT2D eigenvalue weighted by Gasteiger charge is -2.29. The number of halogens is 2. The molecule has 2 amide bonds. The van der Waals surface area contributed by atoms with Crippen LogP contribution in [0.1, 0.15) is 20.7 Å². The van der Waals surface area contributed by atoms with E-state index >= 15 is 0 Å². The summed E-state index contributed by atoms with van der Waals surface area (Å²) in [4.78, 5) is 32.4. The van der Waals surface area contributed by atoms with Crippen molar-refractivity contribution in [2.45, 2.75) is 0 Å². The molecular formula is C29H25Cl2N5O2. The van der Waals surface area contributed by atoms with Gasteiger partial charge in [-0.1, -0.05) is 47.5 Å². The van der Waals surface area contributed by atoms with Crippen molar-refractivity contribution in [3.05, 3.63) is 106 Å². The molecule has 0 spiro atoms. The van der Waals surface area contributed by atoms with Crippen LogP contribution in [-0.2, 0) is 0 Å². The molecule has 0 unspecified atom stereocenters. The number of hydrogen-bond acceptors (Lipinski definition) is 5. The molecule has 1 aliphatic rings. The number of piperazine rings is 1. The summed E-state index contributed by atoms with van der Waals surface area (Å²) in [5, 5.41) is 9.72. The number of hydrogen-bond donors (Lipinski definition) is 3. The van der Waals surface area contributed by atoms with Gasteiger partial charge in [-0.15, -0.1) is 0 Å². The first-order valence-electron chi connectivity index (χ1n) is 12.2. The Morgan fingerprint density at radius 3 is 2.29 bits per heavy atom. The van der Waals surface area contributed by atoms with Gasteiger partial charge < -0.3 is 20.9 Å². The number of nitrogens with zero attached hydrogens (tertiary/aromatic N) is 2. The lowest BCUT2D eigenvalue weighted by molar-refractivity contribution is 0.102. The summed E-state index contributed by atoms with van der Waals surface area (Å²) >= 11 is 12.0. The molecule has 1 fully saturated rings. The lowest BCUT2D eigenvalue weighted by Crippen LogP contribution is -2.43. The molecule has 5 rings (SSSR count). The number of rotatable bonds is 6. The summed E-state index contributed by atoms with van der Waals surface area (Å²) in [6, 6.07) is 23.7. The first-order chi connectivity index (χ1) is 18.5. The minimum atomic E-state index is -0.461. The van der Waals surface area contributed by atoms with Gasteiger partial charge in [-0.25, -0.2) is 4.98 Å². The second kappa shape index (κ2) is 11.6. The van der Waals surface area contributed by atoms with Crippen LogP contribution in [0.2, 0.25) is 10.0 Å². The fourth-order valence-electron chi connectivity index (χ4n) is 4.26. The SMILES string of the molecule is O=C(Nc1ccc(Cl)cc1C(=O)Nc1ccc(Cl)cn1)c1ccc(-c2cccc(N3CCNCC3)c2)cc1. The average molecular weight is 546 g/mol. The standard InChI is InChI=1S/C29H25Cl2N5O2/c30-22-8-10-26(25(17-22)29(38)35-27-11-9-23(31)18-33-27)34-28(37)20-6-4-19(5-7-20)21-2-1-3-24(16-21)36-14-12-32-13-15-36/h1-11,16-18,32H,12-15H2,(H,34,37)(H,33,35,38). The van der Waals surface area contributed by atoms with E-state index < -0.39 is 5.91 Å². The van der Waals surface area contributed by atoms with Gasteiger partial charge in [0.25, 0.3) is 11.8 Å². The number of pyridine rings is 1. The van der Waals surface area contributed by atoms with Crippen LogP contribution in [0.4, 0.5) is 17.2 Å². The maximum absolute atomic E-state index is 13.1. The van der Waals surface area contributed by atoms with Gasteiger partial charge in [0.2, 0.25) is 0 Å². The maximum atomic E-state index is 13.1. The molecule has 4 aromatic rings. The van der Waals surface area contributed by atoms with E-state index in [4.69, 9.17) is 23.2 Å². The van der Waals surface area contributed by atoms with Crippen molar-refractivity contribution >= 4 is 52.2 Å². The van der Waals surface area contributed by atoms with Gasteiger partial charge in [-0.2, -0.15) is 0 Å². The summed E-state index contributed by atoms with van der Waals surface area (Å²) in [6.07, 6.45) is 1.43. The number of benzene rings is 3. The Bertz CT molecular complexity index is 1450. The number of anilines is 3. The summed E-state index contributed by atoms with van der Waals surface area (Å²) in [6.45, 7) is 3.90. The molecule has 0 radical (unpaired) electrons. The van der Waals surface area contributed by atoms with Gasteiger partial charge in [-0.3, -0.25) is 9.59 Å². The monoisotopic (exact) mass is 545 g/mol. The molecule has 0 aliphatic carbocycles. The second-order valence-electron chi connectivity index (χ2n) is 8.82. The highest BCUT2D eigenvalue weighted by molar-refractivity contribution is 6.31. The summed E-state index contributed by atoms with van der Waals surface area (Å²) in [5.41, 5.74) is 4.30. The van der Waals surface area contributed by atoms with Gasteiger partial charge in [0.1, 0.15) is 5.82 Å². The van der Waals surface area contributed by atoms with E-state index in [1.807, 2.05) is 12.1 Å². The molecule has 0 bridgehead atoms. The van der Waals surface area contributed by atoms with Crippen LogP contribution in [0, 0.1) is 0 Å². The minimum Gasteiger partial charge on any atom is -0.369 e. The zero-order valence-corrected chi connectivity index (χ0v) is 21.9. The van der Waals surface area contributed by atoms with Crippen molar-refractivity contribution in [1.82, 2.24) is 10.3 Å². The Hall–Kier alpha value is -3.91. The third-order valence-electron chi connectivity index (χ3n) is 6.25. The molecule has 9 heteroatoms. The second-order valence-corrected chi connectivity index (χ2v) is 9.70. The van der Waals surface area contributed by atoms with Gasteiger partial charge in [0.05, 0.1) is 16.3 Å². The zero-order chi connectivity index (χ0) is 26.5. The highest BCUT2D eigenvalue weighted by atomic mass is 35.5. The van der Waals surface area contributed by atoms with Crippen molar-refractivity contribution in [3.63, 3.8) is 0 Å². The van der Waals surface area contributed by atoms with Crippen LogP contribution in [-0.4, -0.2) is 43.0 Å². The molecular weight excluding hydrogens is 521 g/mol. The van der Waals surface area contributed by atoms with Crippen LogP contribution in [0.15, 0.2) is 85.1 Å². The predicted molar refractivity (Wildman–Crippen MR) is 154 cm³/mol. The van der Waals surface area contributed by atoms with E-state index in [0.717, 1.165) is 37.3 Å². The third kappa shape index (κ3) is 6.14. The van der Waals surface area contributed by atoms with Crippen LogP contribution < -0.4 is 20.9 Å². The Balaban J connectivity index is 1.31. The molecule has 2 heterocycles. The largest absolute Gasteiger partial charge is 0.369 e. The van der Waals surface area contributed by atoms with Gasteiger partial charge in [0, 0.05) is 48.6 Å². The van der Waals surface area contributed by atoms with E-state index in [-0.39, 0.29) is 11.5 Å². The number of aromatic nitrogens is 1. The van der Waals surface area contributed by atoms with Crippen molar-refractivity contribution in [1.29, 1.82) is 0 Å². The van der Waals surface area contributed by atoms with Crippen molar-refractivity contribution in [2.75, 3.05) is 41.7 Å².